The maximum atomic E-state index is 6.22. The normalized spacial score (nSPS) is 23.1. The highest BCUT2D eigenvalue weighted by molar-refractivity contribution is 6.32. The molecule has 0 aliphatic heterocycles. The third kappa shape index (κ3) is 4.04. The Hall–Kier alpha value is -0.890. The second-order valence-electron chi connectivity index (χ2n) is 5.36. The van der Waals surface area contributed by atoms with Gasteiger partial charge >= 0.3 is 0 Å². The zero-order valence-electron chi connectivity index (χ0n) is 11.9. The molecule has 1 aliphatic rings. The summed E-state index contributed by atoms with van der Waals surface area (Å²) in [6, 6.07) is 6.58. The SMILES string of the molecule is CCOc1ccc(NC2CCCC(CC)C2)cc1Cl. The molecule has 0 bridgehead atoms. The Labute approximate surface area is 121 Å². The van der Waals surface area contributed by atoms with E-state index in [1.807, 2.05) is 19.1 Å². The fourth-order valence-corrected chi connectivity index (χ4v) is 3.13. The van der Waals surface area contributed by atoms with Crippen LogP contribution >= 0.6 is 11.6 Å². The van der Waals surface area contributed by atoms with Crippen LogP contribution in [0.5, 0.6) is 5.75 Å². The highest BCUT2D eigenvalue weighted by Gasteiger charge is 2.20. The molecule has 1 aliphatic carbocycles. The van der Waals surface area contributed by atoms with Crippen LogP contribution in [0, 0.1) is 5.92 Å². The van der Waals surface area contributed by atoms with E-state index in [1.54, 1.807) is 0 Å². The molecule has 1 saturated carbocycles. The Morgan fingerprint density at radius 1 is 1.32 bits per heavy atom. The Morgan fingerprint density at radius 2 is 2.16 bits per heavy atom. The molecule has 1 N–H and O–H groups in total. The molecule has 2 unspecified atom stereocenters. The van der Waals surface area contributed by atoms with Crippen molar-refractivity contribution in [1.29, 1.82) is 0 Å². The minimum atomic E-state index is 0.590. The lowest BCUT2D eigenvalue weighted by Gasteiger charge is -2.30. The number of halogens is 1. The summed E-state index contributed by atoms with van der Waals surface area (Å²) in [4.78, 5) is 0. The molecule has 0 heterocycles. The Balaban J connectivity index is 1.97. The van der Waals surface area contributed by atoms with Gasteiger partial charge in [0.05, 0.1) is 11.6 Å². The molecular weight excluding hydrogens is 258 g/mol. The van der Waals surface area contributed by atoms with E-state index in [0.717, 1.165) is 17.4 Å². The van der Waals surface area contributed by atoms with Crippen molar-refractivity contribution in [2.75, 3.05) is 11.9 Å². The first-order valence-electron chi connectivity index (χ1n) is 7.41. The summed E-state index contributed by atoms with van der Waals surface area (Å²) in [7, 11) is 0. The van der Waals surface area contributed by atoms with Gasteiger partial charge in [-0.1, -0.05) is 37.8 Å². The standard InChI is InChI=1S/C16H24ClNO/c1-3-12-6-5-7-13(10-12)18-14-8-9-16(19-4-2)15(17)11-14/h8-9,11-13,18H,3-7,10H2,1-2H3. The average molecular weight is 282 g/mol. The molecule has 0 aromatic heterocycles. The van der Waals surface area contributed by atoms with Crippen molar-refractivity contribution in [2.45, 2.75) is 52.0 Å². The second-order valence-corrected chi connectivity index (χ2v) is 5.77. The summed E-state index contributed by atoms with van der Waals surface area (Å²) in [5.41, 5.74) is 1.11. The fourth-order valence-electron chi connectivity index (χ4n) is 2.89. The van der Waals surface area contributed by atoms with Crippen LogP contribution < -0.4 is 10.1 Å². The minimum absolute atomic E-state index is 0.590. The van der Waals surface area contributed by atoms with Crippen LogP contribution in [0.25, 0.3) is 0 Å². The zero-order valence-corrected chi connectivity index (χ0v) is 12.7. The molecule has 1 aromatic rings. The molecule has 2 atom stereocenters. The lowest BCUT2D eigenvalue weighted by molar-refractivity contribution is 0.327. The number of rotatable bonds is 5. The van der Waals surface area contributed by atoms with Crippen LogP contribution in [0.15, 0.2) is 18.2 Å². The van der Waals surface area contributed by atoms with Crippen molar-refractivity contribution in [1.82, 2.24) is 0 Å². The molecule has 106 valence electrons. The maximum Gasteiger partial charge on any atom is 0.138 e. The molecular formula is C16H24ClNO. The van der Waals surface area contributed by atoms with E-state index < -0.39 is 0 Å². The molecule has 19 heavy (non-hydrogen) atoms. The van der Waals surface area contributed by atoms with Gasteiger partial charge in [0, 0.05) is 11.7 Å². The number of hydrogen-bond acceptors (Lipinski definition) is 2. The van der Waals surface area contributed by atoms with Crippen LogP contribution in [-0.4, -0.2) is 12.6 Å². The van der Waals surface area contributed by atoms with E-state index in [-0.39, 0.29) is 0 Å². The molecule has 0 amide bonds. The van der Waals surface area contributed by atoms with Crippen molar-refractivity contribution >= 4 is 17.3 Å². The van der Waals surface area contributed by atoms with Gasteiger partial charge in [-0.15, -0.1) is 0 Å². The smallest absolute Gasteiger partial charge is 0.138 e. The van der Waals surface area contributed by atoms with Crippen molar-refractivity contribution in [2.24, 2.45) is 5.92 Å². The van der Waals surface area contributed by atoms with E-state index >= 15 is 0 Å². The van der Waals surface area contributed by atoms with Gasteiger partial charge in [-0.2, -0.15) is 0 Å². The zero-order chi connectivity index (χ0) is 13.7. The second kappa shape index (κ2) is 7.04. The van der Waals surface area contributed by atoms with Gasteiger partial charge < -0.3 is 10.1 Å². The quantitative estimate of drug-likeness (QED) is 0.809. The van der Waals surface area contributed by atoms with Crippen molar-refractivity contribution in [3.8, 4) is 5.75 Å². The first kappa shape index (κ1) is 14.5. The number of anilines is 1. The highest BCUT2D eigenvalue weighted by Crippen LogP contribution is 2.31. The van der Waals surface area contributed by atoms with Gasteiger partial charge in [0.2, 0.25) is 0 Å². The van der Waals surface area contributed by atoms with Gasteiger partial charge in [0.25, 0.3) is 0 Å². The summed E-state index contributed by atoms with van der Waals surface area (Å²) in [5, 5.41) is 4.30. The van der Waals surface area contributed by atoms with E-state index in [0.29, 0.717) is 17.7 Å². The van der Waals surface area contributed by atoms with E-state index in [9.17, 15) is 0 Å². The minimum Gasteiger partial charge on any atom is -0.492 e. The first-order valence-corrected chi connectivity index (χ1v) is 7.79. The number of hydrogen-bond donors (Lipinski definition) is 1. The van der Waals surface area contributed by atoms with E-state index in [2.05, 4.69) is 18.3 Å². The van der Waals surface area contributed by atoms with Crippen LogP contribution in [-0.2, 0) is 0 Å². The van der Waals surface area contributed by atoms with E-state index in [1.165, 1.54) is 32.1 Å². The van der Waals surface area contributed by atoms with Crippen LogP contribution in [0.1, 0.15) is 46.0 Å². The summed E-state index contributed by atoms with van der Waals surface area (Å²) in [6.07, 6.45) is 6.56. The predicted octanol–water partition coefficient (Wildman–Crippen LogP) is 5.12. The third-order valence-corrected chi connectivity index (χ3v) is 4.26. The summed E-state index contributed by atoms with van der Waals surface area (Å²) in [6.45, 7) is 4.91. The van der Waals surface area contributed by atoms with Crippen molar-refractivity contribution < 1.29 is 4.74 Å². The lowest BCUT2D eigenvalue weighted by atomic mass is 9.84. The van der Waals surface area contributed by atoms with E-state index in [4.69, 9.17) is 16.3 Å². The third-order valence-electron chi connectivity index (χ3n) is 3.96. The molecule has 0 saturated heterocycles. The van der Waals surface area contributed by atoms with Crippen LogP contribution in [0.3, 0.4) is 0 Å². The predicted molar refractivity (Wildman–Crippen MR) is 82.3 cm³/mol. The van der Waals surface area contributed by atoms with Gasteiger partial charge in [-0.3, -0.25) is 0 Å². The Morgan fingerprint density at radius 3 is 2.84 bits per heavy atom. The van der Waals surface area contributed by atoms with Gasteiger partial charge in [0.15, 0.2) is 0 Å². The molecule has 0 radical (unpaired) electrons. The topological polar surface area (TPSA) is 21.3 Å². The Bertz CT molecular complexity index is 408. The average Bonchev–Trinajstić information content (AvgIpc) is 2.42. The molecule has 1 fully saturated rings. The van der Waals surface area contributed by atoms with Crippen molar-refractivity contribution in [3.05, 3.63) is 23.2 Å². The molecule has 0 spiro atoms. The molecule has 1 aromatic carbocycles. The maximum absolute atomic E-state index is 6.22. The lowest BCUT2D eigenvalue weighted by Crippen LogP contribution is -2.27. The largest absolute Gasteiger partial charge is 0.492 e. The van der Waals surface area contributed by atoms with Gasteiger partial charge in [-0.25, -0.2) is 0 Å². The molecule has 2 rings (SSSR count). The fraction of sp³-hybridized carbons (Fsp3) is 0.625. The summed E-state index contributed by atoms with van der Waals surface area (Å²) < 4.78 is 5.46. The van der Waals surface area contributed by atoms with Gasteiger partial charge in [0.1, 0.15) is 5.75 Å². The van der Waals surface area contributed by atoms with Crippen LogP contribution in [0.2, 0.25) is 5.02 Å². The Kier molecular flexibility index (Phi) is 5.38. The number of nitrogens with one attached hydrogen (secondary N) is 1. The summed E-state index contributed by atoms with van der Waals surface area (Å²) >= 11 is 6.22. The molecule has 3 heteroatoms. The molecule has 2 nitrogen and oxygen atoms in total. The summed E-state index contributed by atoms with van der Waals surface area (Å²) in [5.74, 6) is 1.65. The van der Waals surface area contributed by atoms with Gasteiger partial charge in [-0.05, 0) is 43.9 Å². The number of benzene rings is 1. The first-order chi connectivity index (χ1) is 9.22. The highest BCUT2D eigenvalue weighted by atomic mass is 35.5. The number of ether oxygens (including phenoxy) is 1. The monoisotopic (exact) mass is 281 g/mol. The van der Waals surface area contributed by atoms with Crippen LogP contribution in [0.4, 0.5) is 5.69 Å². The van der Waals surface area contributed by atoms with Crippen molar-refractivity contribution in [3.63, 3.8) is 0 Å².